The summed E-state index contributed by atoms with van der Waals surface area (Å²) in [6, 6.07) is 9.73. The fourth-order valence-corrected chi connectivity index (χ4v) is 2.12. The van der Waals surface area contributed by atoms with Gasteiger partial charge in [0.2, 0.25) is 5.91 Å². The van der Waals surface area contributed by atoms with E-state index in [-0.39, 0.29) is 18.5 Å². The Hall–Kier alpha value is -3.67. The average Bonchev–Trinajstić information content (AvgIpc) is 2.59. The largest absolute Gasteiger partial charge is 0.341 e. The van der Waals surface area contributed by atoms with E-state index in [4.69, 9.17) is 5.26 Å². The standard InChI is InChI=1S/C16H15N5O4/c17-6-7-18-15(24)12(8-10-4-2-1-3-5-10)20-13(22)11-9-19-16(25)21-14(11)23/h1-5,9,12H,7-8H2,(H,18,24)(H,20,22)(H2,19,21,23,25)/t12-/m0/s1. The topological polar surface area (TPSA) is 148 Å². The van der Waals surface area contributed by atoms with E-state index in [2.05, 4.69) is 15.6 Å². The monoisotopic (exact) mass is 341 g/mol. The molecular weight excluding hydrogens is 326 g/mol. The van der Waals surface area contributed by atoms with Crippen molar-refractivity contribution in [3.05, 3.63) is 68.5 Å². The summed E-state index contributed by atoms with van der Waals surface area (Å²) in [4.78, 5) is 51.3. The molecule has 2 rings (SSSR count). The number of aromatic nitrogens is 2. The van der Waals surface area contributed by atoms with Gasteiger partial charge < -0.3 is 15.6 Å². The van der Waals surface area contributed by atoms with Crippen LogP contribution in [-0.4, -0.2) is 34.4 Å². The van der Waals surface area contributed by atoms with Crippen LogP contribution in [0.2, 0.25) is 0 Å². The highest BCUT2D eigenvalue weighted by atomic mass is 16.2. The first-order valence-electron chi connectivity index (χ1n) is 7.32. The van der Waals surface area contributed by atoms with Gasteiger partial charge in [-0.05, 0) is 5.56 Å². The van der Waals surface area contributed by atoms with Crippen LogP contribution < -0.4 is 21.9 Å². The van der Waals surface area contributed by atoms with Gasteiger partial charge in [-0.2, -0.15) is 5.26 Å². The molecule has 0 spiro atoms. The van der Waals surface area contributed by atoms with E-state index in [1.54, 1.807) is 30.3 Å². The Labute approximate surface area is 141 Å². The third-order valence-corrected chi connectivity index (χ3v) is 3.31. The third kappa shape index (κ3) is 4.90. The molecule has 1 heterocycles. The van der Waals surface area contributed by atoms with Gasteiger partial charge in [0, 0.05) is 12.6 Å². The molecule has 9 heteroatoms. The van der Waals surface area contributed by atoms with Crippen LogP contribution in [0, 0.1) is 11.3 Å². The molecule has 0 aliphatic heterocycles. The molecule has 0 saturated heterocycles. The number of nitrogens with zero attached hydrogens (tertiary/aromatic N) is 1. The van der Waals surface area contributed by atoms with Gasteiger partial charge >= 0.3 is 5.69 Å². The van der Waals surface area contributed by atoms with Crippen LogP contribution in [-0.2, 0) is 11.2 Å². The maximum atomic E-state index is 12.3. The van der Waals surface area contributed by atoms with Crippen molar-refractivity contribution in [2.24, 2.45) is 0 Å². The van der Waals surface area contributed by atoms with Crippen LogP contribution in [0.5, 0.6) is 0 Å². The minimum absolute atomic E-state index is 0.172. The molecule has 1 aromatic heterocycles. The quantitative estimate of drug-likeness (QED) is 0.500. The predicted octanol–water partition coefficient (Wildman–Crippen LogP) is -0.956. The minimum Gasteiger partial charge on any atom is -0.341 e. The Balaban J connectivity index is 2.21. The molecule has 25 heavy (non-hydrogen) atoms. The summed E-state index contributed by atoms with van der Waals surface area (Å²) in [5.74, 6) is -1.37. The number of carbonyl (C=O) groups is 2. The second-order valence-corrected chi connectivity index (χ2v) is 5.08. The van der Waals surface area contributed by atoms with Gasteiger partial charge in [-0.3, -0.25) is 19.4 Å². The van der Waals surface area contributed by atoms with Gasteiger partial charge in [-0.15, -0.1) is 0 Å². The Kier molecular flexibility index (Phi) is 5.84. The van der Waals surface area contributed by atoms with E-state index in [0.717, 1.165) is 11.8 Å². The number of amides is 2. The van der Waals surface area contributed by atoms with Crippen LogP contribution in [0.3, 0.4) is 0 Å². The summed E-state index contributed by atoms with van der Waals surface area (Å²) in [5, 5.41) is 13.4. The van der Waals surface area contributed by atoms with Crippen molar-refractivity contribution in [1.82, 2.24) is 20.6 Å². The van der Waals surface area contributed by atoms with E-state index in [9.17, 15) is 19.2 Å². The summed E-state index contributed by atoms with van der Waals surface area (Å²) in [6.45, 7) is -0.209. The Morgan fingerprint density at radius 1 is 1.20 bits per heavy atom. The first kappa shape index (κ1) is 17.7. The lowest BCUT2D eigenvalue weighted by Crippen LogP contribution is -2.49. The zero-order chi connectivity index (χ0) is 18.2. The number of carbonyl (C=O) groups excluding carboxylic acids is 2. The van der Waals surface area contributed by atoms with Crippen LogP contribution in [0.15, 0.2) is 46.1 Å². The molecule has 2 amide bonds. The van der Waals surface area contributed by atoms with Gasteiger partial charge in [-0.25, -0.2) is 4.79 Å². The zero-order valence-corrected chi connectivity index (χ0v) is 13.0. The number of H-pyrrole nitrogens is 2. The normalized spacial score (nSPS) is 11.2. The number of benzene rings is 1. The molecule has 9 nitrogen and oxygen atoms in total. The molecule has 0 bridgehead atoms. The summed E-state index contributed by atoms with van der Waals surface area (Å²) in [5.41, 5.74) is -1.15. The molecular formula is C16H15N5O4. The molecule has 0 saturated carbocycles. The SMILES string of the molecule is N#CCNC(=O)[C@H](Cc1ccccc1)NC(=O)c1c[nH]c(=O)[nH]c1=O. The molecule has 2 aromatic rings. The molecule has 1 atom stereocenters. The van der Waals surface area contributed by atoms with Crippen LogP contribution >= 0.6 is 0 Å². The summed E-state index contributed by atoms with van der Waals surface area (Å²) < 4.78 is 0. The second-order valence-electron chi connectivity index (χ2n) is 5.08. The molecule has 0 aliphatic rings. The van der Waals surface area contributed by atoms with E-state index in [1.165, 1.54) is 0 Å². The fourth-order valence-electron chi connectivity index (χ4n) is 2.12. The highest BCUT2D eigenvalue weighted by Crippen LogP contribution is 2.04. The van der Waals surface area contributed by atoms with Gasteiger partial charge in [0.15, 0.2) is 0 Å². The number of hydrogen-bond acceptors (Lipinski definition) is 5. The van der Waals surface area contributed by atoms with E-state index in [1.807, 2.05) is 11.1 Å². The first-order valence-corrected chi connectivity index (χ1v) is 7.32. The first-order chi connectivity index (χ1) is 12.0. The number of nitrogens with one attached hydrogen (secondary N) is 4. The van der Waals surface area contributed by atoms with E-state index in [0.29, 0.717) is 0 Å². The van der Waals surface area contributed by atoms with Crippen LogP contribution in [0.1, 0.15) is 15.9 Å². The van der Waals surface area contributed by atoms with Crippen molar-refractivity contribution >= 4 is 11.8 Å². The van der Waals surface area contributed by atoms with Crippen molar-refractivity contribution in [2.75, 3.05) is 6.54 Å². The highest BCUT2D eigenvalue weighted by molar-refractivity contribution is 5.97. The lowest BCUT2D eigenvalue weighted by molar-refractivity contribution is -0.122. The number of rotatable bonds is 6. The Morgan fingerprint density at radius 3 is 2.56 bits per heavy atom. The van der Waals surface area contributed by atoms with Crippen LogP contribution in [0.25, 0.3) is 0 Å². The van der Waals surface area contributed by atoms with Gasteiger partial charge in [-0.1, -0.05) is 30.3 Å². The molecule has 0 radical (unpaired) electrons. The van der Waals surface area contributed by atoms with Crippen molar-refractivity contribution in [1.29, 1.82) is 5.26 Å². The lowest BCUT2D eigenvalue weighted by atomic mass is 10.0. The second kappa shape index (κ2) is 8.26. The van der Waals surface area contributed by atoms with E-state index >= 15 is 0 Å². The maximum absolute atomic E-state index is 12.3. The smallest absolute Gasteiger partial charge is 0.325 e. The van der Waals surface area contributed by atoms with Crippen molar-refractivity contribution in [3.8, 4) is 6.07 Å². The minimum atomic E-state index is -0.991. The van der Waals surface area contributed by atoms with Crippen molar-refractivity contribution in [2.45, 2.75) is 12.5 Å². The number of nitriles is 1. The van der Waals surface area contributed by atoms with Gasteiger partial charge in [0.1, 0.15) is 18.2 Å². The van der Waals surface area contributed by atoms with Crippen molar-refractivity contribution in [3.63, 3.8) is 0 Å². The molecule has 4 N–H and O–H groups in total. The van der Waals surface area contributed by atoms with Crippen molar-refractivity contribution < 1.29 is 9.59 Å². The molecule has 128 valence electrons. The average molecular weight is 341 g/mol. The summed E-state index contributed by atoms with van der Waals surface area (Å²) in [7, 11) is 0. The number of aromatic amines is 2. The zero-order valence-electron chi connectivity index (χ0n) is 13.0. The summed E-state index contributed by atoms with van der Waals surface area (Å²) in [6.07, 6.45) is 1.15. The molecule has 0 aliphatic carbocycles. The summed E-state index contributed by atoms with van der Waals surface area (Å²) >= 11 is 0. The Bertz CT molecular complexity index is 910. The molecule has 0 unspecified atom stereocenters. The number of hydrogen-bond donors (Lipinski definition) is 4. The van der Waals surface area contributed by atoms with E-state index < -0.39 is 29.1 Å². The third-order valence-electron chi connectivity index (χ3n) is 3.31. The molecule has 1 aromatic carbocycles. The Morgan fingerprint density at radius 2 is 1.92 bits per heavy atom. The maximum Gasteiger partial charge on any atom is 0.325 e. The lowest BCUT2D eigenvalue weighted by Gasteiger charge is -2.17. The van der Waals surface area contributed by atoms with Gasteiger partial charge in [0.25, 0.3) is 11.5 Å². The van der Waals surface area contributed by atoms with Gasteiger partial charge in [0.05, 0.1) is 6.07 Å². The predicted molar refractivity (Wildman–Crippen MR) is 87.7 cm³/mol. The highest BCUT2D eigenvalue weighted by Gasteiger charge is 2.23. The van der Waals surface area contributed by atoms with Crippen LogP contribution in [0.4, 0.5) is 0 Å². The fraction of sp³-hybridized carbons (Fsp3) is 0.188. The molecule has 0 fully saturated rings.